The standard InChI is InChI=1S/C29H37.C8H9.C7H7.C5H5.CH2.2ClH.Zr/c1-18-25-22-17-19-13-9-10-14-20(19)24(22)21-15-11-12-16-23(21)29(25,8)28(6,7)27(4,5)26(18,2)3;1-2-8-6-4-3-5-7-8;1-7-5-3-2-4-6-7;1-2-4-5-3-1;;;;/h9-11,13-15,23H,12,16-17H2,1-8H3;3-7H,1-2H2;2-6H,1H2;1-3H,4H2;1H2;2*1H;/q4*-1;;;;. The summed E-state index contributed by atoms with van der Waals surface area (Å²) < 4.78 is 3.34. The number of fused-ring (bicyclic) bond motifs is 6. The molecule has 5 aliphatic carbocycles. The summed E-state index contributed by atoms with van der Waals surface area (Å²) in [6.07, 6.45) is 19.4. The number of benzene rings is 3. The quantitative estimate of drug-likeness (QED) is 0.215. The molecule has 0 spiro atoms. The van der Waals surface area contributed by atoms with Crippen molar-refractivity contribution in [1.82, 2.24) is 0 Å². The molecule has 2 unspecified atom stereocenters. The van der Waals surface area contributed by atoms with Crippen LogP contribution in [0.4, 0.5) is 0 Å². The Kier molecular flexibility index (Phi) is 17.4. The van der Waals surface area contributed by atoms with Gasteiger partial charge in [0, 0.05) is 0 Å². The summed E-state index contributed by atoms with van der Waals surface area (Å²) in [6.45, 7) is 27.8. The van der Waals surface area contributed by atoms with Crippen LogP contribution in [0, 0.1) is 53.4 Å². The molecule has 8 rings (SSSR count). The molecule has 0 radical (unpaired) electrons. The predicted octanol–water partition coefficient (Wildman–Crippen LogP) is 14.0. The van der Waals surface area contributed by atoms with Crippen molar-refractivity contribution in [1.29, 1.82) is 0 Å². The van der Waals surface area contributed by atoms with Crippen LogP contribution < -0.4 is 0 Å². The summed E-state index contributed by atoms with van der Waals surface area (Å²) in [5.74, 6) is 2.24. The van der Waals surface area contributed by atoms with Gasteiger partial charge in [-0.3, -0.25) is 6.08 Å². The Balaban J connectivity index is 0.000000329. The molecule has 284 valence electrons. The first-order chi connectivity index (χ1) is 24.3. The molecule has 0 heterocycles. The third-order valence-electron chi connectivity index (χ3n) is 13.4. The Labute approximate surface area is 351 Å². The Hall–Kier alpha value is -2.57. The number of allylic oxidation sites excluding steroid dienone is 10. The second-order valence-corrected chi connectivity index (χ2v) is 16.0. The molecule has 1 fully saturated rings. The molecule has 53 heavy (non-hydrogen) atoms. The van der Waals surface area contributed by atoms with E-state index in [0.29, 0.717) is 5.92 Å². The van der Waals surface area contributed by atoms with Gasteiger partial charge in [-0.1, -0.05) is 155 Å². The van der Waals surface area contributed by atoms with Gasteiger partial charge in [0.25, 0.3) is 0 Å². The molecule has 0 bridgehead atoms. The fraction of sp³-hybridized carbons (Fsp3) is 0.360. The van der Waals surface area contributed by atoms with Crippen LogP contribution in [0.3, 0.4) is 0 Å². The van der Waals surface area contributed by atoms with E-state index in [1.165, 1.54) is 53.8 Å². The molecule has 3 aromatic carbocycles. The maximum atomic E-state index is 3.76. The zero-order chi connectivity index (χ0) is 37.5. The molecular weight excluding hydrogens is 763 g/mol. The van der Waals surface area contributed by atoms with E-state index in [1.54, 1.807) is 28.2 Å². The third kappa shape index (κ3) is 8.96. The van der Waals surface area contributed by atoms with Gasteiger partial charge in [0.15, 0.2) is 0 Å². The third-order valence-corrected chi connectivity index (χ3v) is 13.4. The molecule has 0 saturated heterocycles. The zero-order valence-electron chi connectivity index (χ0n) is 33.5. The second-order valence-electron chi connectivity index (χ2n) is 16.0. The zero-order valence-corrected chi connectivity index (χ0v) is 37.6. The molecule has 3 heteroatoms. The van der Waals surface area contributed by atoms with Gasteiger partial charge in [0.2, 0.25) is 0 Å². The topological polar surface area (TPSA) is 0 Å². The summed E-state index contributed by atoms with van der Waals surface area (Å²) in [7, 11) is 0. The summed E-state index contributed by atoms with van der Waals surface area (Å²) in [5, 5.41) is 0. The van der Waals surface area contributed by atoms with E-state index in [1.807, 2.05) is 60.7 Å². The van der Waals surface area contributed by atoms with Crippen molar-refractivity contribution in [2.24, 2.45) is 27.6 Å². The van der Waals surface area contributed by atoms with E-state index in [2.05, 4.69) is 134 Å². The average molecular weight is 825 g/mol. The molecule has 5 aliphatic rings. The van der Waals surface area contributed by atoms with Crippen molar-refractivity contribution in [2.75, 3.05) is 0 Å². The predicted molar refractivity (Wildman–Crippen MR) is 234 cm³/mol. The first-order valence-electron chi connectivity index (χ1n) is 18.6. The van der Waals surface area contributed by atoms with E-state index >= 15 is 0 Å². The maximum absolute atomic E-state index is 3.76. The van der Waals surface area contributed by atoms with Gasteiger partial charge in [-0.15, -0.1) is 50.3 Å². The Morgan fingerprint density at radius 2 is 1.40 bits per heavy atom. The Morgan fingerprint density at radius 3 is 1.89 bits per heavy atom. The van der Waals surface area contributed by atoms with E-state index in [0.717, 1.165) is 24.8 Å². The van der Waals surface area contributed by atoms with Crippen molar-refractivity contribution >= 4 is 34.6 Å². The number of hydrogen-bond acceptors (Lipinski definition) is 0. The van der Waals surface area contributed by atoms with Crippen molar-refractivity contribution < 1.29 is 24.2 Å². The fourth-order valence-corrected chi connectivity index (χ4v) is 9.03. The first kappa shape index (κ1) is 46.6. The van der Waals surface area contributed by atoms with Crippen LogP contribution in [0.25, 0.3) is 5.57 Å². The van der Waals surface area contributed by atoms with Crippen LogP contribution in [0.15, 0.2) is 132 Å². The van der Waals surface area contributed by atoms with Gasteiger partial charge in [0.1, 0.15) is 0 Å². The first-order valence-corrected chi connectivity index (χ1v) is 20.4. The number of halogens is 2. The molecule has 1 saturated carbocycles. The molecule has 0 aromatic heterocycles. The summed E-state index contributed by atoms with van der Waals surface area (Å²) in [6, 6.07) is 29.3. The van der Waals surface area contributed by atoms with E-state index in [-0.39, 0.29) is 46.5 Å². The van der Waals surface area contributed by atoms with E-state index in [4.69, 9.17) is 0 Å². The average Bonchev–Trinajstić information content (AvgIpc) is 3.86. The van der Waals surface area contributed by atoms with Crippen molar-refractivity contribution in [3.63, 3.8) is 0 Å². The van der Waals surface area contributed by atoms with Gasteiger partial charge in [-0.05, 0) is 40.6 Å². The van der Waals surface area contributed by atoms with Gasteiger partial charge in [-0.2, -0.15) is 48.3 Å². The summed E-state index contributed by atoms with van der Waals surface area (Å²) in [4.78, 5) is 0. The van der Waals surface area contributed by atoms with Crippen LogP contribution in [0.2, 0.25) is 0 Å². The molecule has 3 aromatic rings. The van der Waals surface area contributed by atoms with Gasteiger partial charge >= 0.3 is 28.4 Å². The molecule has 0 aliphatic heterocycles. The Morgan fingerprint density at radius 1 is 0.811 bits per heavy atom. The van der Waals surface area contributed by atoms with E-state index in [9.17, 15) is 0 Å². The van der Waals surface area contributed by atoms with E-state index < -0.39 is 0 Å². The van der Waals surface area contributed by atoms with Crippen LogP contribution in [0.1, 0.15) is 96.9 Å². The van der Waals surface area contributed by atoms with Crippen LogP contribution in [0.5, 0.6) is 0 Å². The number of hydrogen-bond donors (Lipinski definition) is 0. The SMILES string of the molecule is C[C-]1C2=C3Cc4ccccc4C3=C3C=CCCC3C2(C)C(C)(C)C(C)(C)C1(C)C.Cl.Cl.[C-]1=CC=CC1.[CH2-]Cc1ccccc1.[CH2-]c1ccccc1.[CH2]=[Zr]. The normalized spacial score (nSPS) is 22.4. The second kappa shape index (κ2) is 19.8. The molecule has 0 nitrogen and oxygen atoms in total. The summed E-state index contributed by atoms with van der Waals surface area (Å²) >= 11 is 1.30. The summed E-state index contributed by atoms with van der Waals surface area (Å²) in [5.41, 5.74) is 12.7. The number of rotatable bonds is 1. The van der Waals surface area contributed by atoms with Gasteiger partial charge in [0.05, 0.1) is 0 Å². The molecule has 2 atom stereocenters. The minimum absolute atomic E-state index is 0. The van der Waals surface area contributed by atoms with Crippen LogP contribution in [-0.4, -0.2) is 4.21 Å². The molecular formula is C50H62Cl2Zr-4. The van der Waals surface area contributed by atoms with Crippen LogP contribution >= 0.6 is 24.8 Å². The molecule has 0 N–H and O–H groups in total. The Bertz CT molecular complexity index is 1760. The van der Waals surface area contributed by atoms with Crippen molar-refractivity contribution in [3.05, 3.63) is 180 Å². The van der Waals surface area contributed by atoms with Crippen molar-refractivity contribution in [3.8, 4) is 0 Å². The van der Waals surface area contributed by atoms with Crippen molar-refractivity contribution in [2.45, 2.75) is 87.5 Å². The molecule has 0 amide bonds. The minimum atomic E-state index is 0. The fourth-order valence-electron chi connectivity index (χ4n) is 9.03. The van der Waals surface area contributed by atoms with Gasteiger partial charge < -0.3 is 6.92 Å². The van der Waals surface area contributed by atoms with Crippen LogP contribution in [-0.2, 0) is 37.1 Å². The monoisotopic (exact) mass is 822 g/mol. The van der Waals surface area contributed by atoms with Gasteiger partial charge in [-0.25, -0.2) is 18.1 Å².